The lowest BCUT2D eigenvalue weighted by Crippen LogP contribution is -2.49. The van der Waals surface area contributed by atoms with E-state index in [1.165, 1.54) is 32.1 Å². The molecule has 0 saturated carbocycles. The molecule has 98 valence electrons. The fourth-order valence-corrected chi connectivity index (χ4v) is 3.19. The SMILES string of the molecule is CCN(CC)CCN(C)C(CC)(CC)CP. The van der Waals surface area contributed by atoms with Gasteiger partial charge in [-0.3, -0.25) is 4.90 Å². The van der Waals surface area contributed by atoms with E-state index < -0.39 is 0 Å². The predicted molar refractivity (Wildman–Crippen MR) is 78.3 cm³/mol. The molecule has 0 heterocycles. The number of hydrogen-bond acceptors (Lipinski definition) is 2. The standard InChI is InChI=1S/C13H31N2P/c1-6-13(7-2,12-16)14(5)10-11-15(8-3)9-4/h6-12,16H2,1-5H3. The van der Waals surface area contributed by atoms with Gasteiger partial charge in [0.15, 0.2) is 0 Å². The van der Waals surface area contributed by atoms with Gasteiger partial charge in [-0.05, 0) is 39.1 Å². The Morgan fingerprint density at radius 1 is 0.938 bits per heavy atom. The lowest BCUT2D eigenvalue weighted by atomic mass is 9.93. The minimum atomic E-state index is 0.387. The maximum Gasteiger partial charge on any atom is 0.0236 e. The van der Waals surface area contributed by atoms with E-state index in [1.807, 2.05) is 0 Å². The molecule has 16 heavy (non-hydrogen) atoms. The van der Waals surface area contributed by atoms with Gasteiger partial charge in [0.2, 0.25) is 0 Å². The van der Waals surface area contributed by atoms with Crippen LogP contribution in [0, 0.1) is 0 Å². The Hall–Kier alpha value is 0.350. The molecule has 1 unspecified atom stereocenters. The highest BCUT2D eigenvalue weighted by atomic mass is 31.0. The first-order valence-corrected chi connectivity index (χ1v) is 7.55. The molecule has 0 aromatic carbocycles. The van der Waals surface area contributed by atoms with Gasteiger partial charge in [0.05, 0.1) is 0 Å². The zero-order chi connectivity index (χ0) is 12.6. The van der Waals surface area contributed by atoms with Gasteiger partial charge in [-0.1, -0.05) is 27.7 Å². The second kappa shape index (κ2) is 8.44. The Kier molecular flexibility index (Phi) is 8.63. The summed E-state index contributed by atoms with van der Waals surface area (Å²) in [5.74, 6) is 0. The van der Waals surface area contributed by atoms with Crippen molar-refractivity contribution < 1.29 is 0 Å². The van der Waals surface area contributed by atoms with Gasteiger partial charge in [-0.25, -0.2) is 0 Å². The summed E-state index contributed by atoms with van der Waals surface area (Å²) in [5, 5.41) is 0. The number of rotatable bonds is 9. The van der Waals surface area contributed by atoms with Crippen molar-refractivity contribution in [1.29, 1.82) is 0 Å². The molecule has 0 aliphatic carbocycles. The Labute approximate surface area is 105 Å². The molecule has 0 aliphatic heterocycles. The summed E-state index contributed by atoms with van der Waals surface area (Å²) in [4.78, 5) is 5.05. The van der Waals surface area contributed by atoms with Crippen molar-refractivity contribution >= 4 is 9.24 Å². The third-order valence-corrected chi connectivity index (χ3v) is 4.91. The average Bonchev–Trinajstić information content (AvgIpc) is 2.33. The van der Waals surface area contributed by atoms with Crippen LogP contribution in [-0.2, 0) is 0 Å². The van der Waals surface area contributed by atoms with Crippen LogP contribution < -0.4 is 0 Å². The van der Waals surface area contributed by atoms with Gasteiger partial charge in [-0.15, -0.1) is 9.24 Å². The van der Waals surface area contributed by atoms with Gasteiger partial charge in [0.25, 0.3) is 0 Å². The Morgan fingerprint density at radius 2 is 1.44 bits per heavy atom. The van der Waals surface area contributed by atoms with Crippen LogP contribution in [0.2, 0.25) is 0 Å². The smallest absolute Gasteiger partial charge is 0.0236 e. The van der Waals surface area contributed by atoms with Crippen LogP contribution in [0.5, 0.6) is 0 Å². The molecule has 3 heteroatoms. The molecule has 0 N–H and O–H groups in total. The lowest BCUT2D eigenvalue weighted by molar-refractivity contribution is 0.114. The summed E-state index contributed by atoms with van der Waals surface area (Å²) in [6, 6.07) is 0. The van der Waals surface area contributed by atoms with Gasteiger partial charge < -0.3 is 4.90 Å². The summed E-state index contributed by atoms with van der Waals surface area (Å²) >= 11 is 0. The largest absolute Gasteiger partial charge is 0.303 e. The van der Waals surface area contributed by atoms with E-state index in [1.54, 1.807) is 0 Å². The minimum absolute atomic E-state index is 0.387. The average molecular weight is 246 g/mol. The lowest BCUT2D eigenvalue weighted by Gasteiger charge is -2.41. The van der Waals surface area contributed by atoms with Crippen molar-refractivity contribution in [3.8, 4) is 0 Å². The first kappa shape index (κ1) is 16.4. The molecule has 0 fully saturated rings. The summed E-state index contributed by atoms with van der Waals surface area (Å²) < 4.78 is 0. The zero-order valence-electron chi connectivity index (χ0n) is 11.9. The van der Waals surface area contributed by atoms with Gasteiger partial charge in [-0.2, -0.15) is 0 Å². The molecular weight excluding hydrogens is 215 g/mol. The Morgan fingerprint density at radius 3 is 1.75 bits per heavy atom. The molecule has 2 nitrogen and oxygen atoms in total. The summed E-state index contributed by atoms with van der Waals surface area (Å²) in [7, 11) is 5.20. The van der Waals surface area contributed by atoms with E-state index in [4.69, 9.17) is 0 Å². The third kappa shape index (κ3) is 4.31. The van der Waals surface area contributed by atoms with Gasteiger partial charge in [0.1, 0.15) is 0 Å². The predicted octanol–water partition coefficient (Wildman–Crippen LogP) is 2.69. The van der Waals surface area contributed by atoms with Crippen molar-refractivity contribution in [1.82, 2.24) is 9.80 Å². The highest BCUT2D eigenvalue weighted by Crippen LogP contribution is 2.24. The molecule has 0 saturated heterocycles. The molecular formula is C13H31N2P. The van der Waals surface area contributed by atoms with Crippen LogP contribution >= 0.6 is 9.24 Å². The van der Waals surface area contributed by atoms with Crippen LogP contribution in [0.1, 0.15) is 40.5 Å². The normalized spacial score (nSPS) is 12.8. The first-order chi connectivity index (χ1) is 7.60. The topological polar surface area (TPSA) is 6.48 Å². The van der Waals surface area contributed by atoms with Crippen LogP contribution in [0.25, 0.3) is 0 Å². The number of likely N-dealkylation sites (N-methyl/N-ethyl adjacent to an activating group) is 2. The van der Waals surface area contributed by atoms with E-state index in [9.17, 15) is 0 Å². The molecule has 0 rings (SSSR count). The fraction of sp³-hybridized carbons (Fsp3) is 1.00. The van der Waals surface area contributed by atoms with Crippen molar-refractivity contribution in [2.75, 3.05) is 39.4 Å². The van der Waals surface area contributed by atoms with E-state index in [2.05, 4.69) is 53.8 Å². The molecule has 0 aliphatic rings. The second-order valence-electron chi connectivity index (χ2n) is 4.58. The van der Waals surface area contributed by atoms with E-state index in [0.717, 1.165) is 13.1 Å². The Bertz CT molecular complexity index is 157. The van der Waals surface area contributed by atoms with Crippen LogP contribution in [0.3, 0.4) is 0 Å². The third-order valence-electron chi connectivity index (χ3n) is 4.15. The number of nitrogens with zero attached hydrogens (tertiary/aromatic N) is 2. The molecule has 0 aromatic rings. The molecule has 0 spiro atoms. The first-order valence-electron chi connectivity index (χ1n) is 6.73. The van der Waals surface area contributed by atoms with Crippen molar-refractivity contribution in [2.45, 2.75) is 46.1 Å². The van der Waals surface area contributed by atoms with Crippen molar-refractivity contribution in [2.24, 2.45) is 0 Å². The minimum Gasteiger partial charge on any atom is -0.303 e. The van der Waals surface area contributed by atoms with Crippen LogP contribution in [-0.4, -0.2) is 54.7 Å². The molecule has 0 radical (unpaired) electrons. The Balaban J connectivity index is 4.25. The monoisotopic (exact) mass is 246 g/mol. The molecule has 0 amide bonds. The highest BCUT2D eigenvalue weighted by molar-refractivity contribution is 7.16. The zero-order valence-corrected chi connectivity index (χ0v) is 13.1. The maximum absolute atomic E-state index is 2.92. The van der Waals surface area contributed by atoms with Crippen molar-refractivity contribution in [3.63, 3.8) is 0 Å². The van der Waals surface area contributed by atoms with Gasteiger partial charge >= 0.3 is 0 Å². The molecule has 1 atom stereocenters. The summed E-state index contributed by atoms with van der Waals surface area (Å²) in [6.07, 6.45) is 3.65. The van der Waals surface area contributed by atoms with E-state index in [-0.39, 0.29) is 0 Å². The molecule has 0 bridgehead atoms. The fourth-order valence-electron chi connectivity index (χ4n) is 2.30. The van der Waals surface area contributed by atoms with Crippen LogP contribution in [0.15, 0.2) is 0 Å². The van der Waals surface area contributed by atoms with Gasteiger partial charge in [0, 0.05) is 18.6 Å². The molecule has 0 aromatic heterocycles. The quantitative estimate of drug-likeness (QED) is 0.577. The highest BCUT2D eigenvalue weighted by Gasteiger charge is 2.28. The van der Waals surface area contributed by atoms with E-state index in [0.29, 0.717) is 5.54 Å². The summed E-state index contributed by atoms with van der Waals surface area (Å²) in [6.45, 7) is 13.8. The number of hydrogen-bond donors (Lipinski definition) is 0. The van der Waals surface area contributed by atoms with Crippen LogP contribution in [0.4, 0.5) is 0 Å². The second-order valence-corrected chi connectivity index (χ2v) is 4.99. The van der Waals surface area contributed by atoms with E-state index >= 15 is 0 Å². The van der Waals surface area contributed by atoms with Crippen molar-refractivity contribution in [3.05, 3.63) is 0 Å². The maximum atomic E-state index is 2.92. The summed E-state index contributed by atoms with van der Waals surface area (Å²) in [5.41, 5.74) is 0.387.